The summed E-state index contributed by atoms with van der Waals surface area (Å²) in [7, 11) is 2.10. The van der Waals surface area contributed by atoms with E-state index in [0.29, 0.717) is 17.8 Å². The molecule has 1 aromatic heterocycles. The van der Waals surface area contributed by atoms with E-state index in [1.165, 1.54) is 5.01 Å². The highest BCUT2D eigenvalue weighted by Gasteiger charge is 2.31. The topological polar surface area (TPSA) is 61.1 Å². The summed E-state index contributed by atoms with van der Waals surface area (Å²) in [6.07, 6.45) is -2.91. The Morgan fingerprint density at radius 1 is 1.03 bits per heavy atom. The third-order valence-electron chi connectivity index (χ3n) is 5.44. The summed E-state index contributed by atoms with van der Waals surface area (Å²) in [5.74, 6) is 0. The summed E-state index contributed by atoms with van der Waals surface area (Å²) in [5, 5.41) is 4.47. The molecule has 1 saturated heterocycles. The number of aromatic nitrogens is 1. The molecule has 168 valence electrons. The zero-order valence-corrected chi connectivity index (χ0v) is 17.4. The van der Waals surface area contributed by atoms with Gasteiger partial charge < -0.3 is 14.4 Å². The Labute approximate surface area is 178 Å². The summed E-state index contributed by atoms with van der Waals surface area (Å²) in [5.41, 5.74) is -0.139. The van der Waals surface area contributed by atoms with E-state index < -0.39 is 17.3 Å². The lowest BCUT2D eigenvalue weighted by Crippen LogP contribution is -2.45. The van der Waals surface area contributed by atoms with Crippen LogP contribution in [-0.2, 0) is 12.7 Å². The second-order valence-corrected chi connectivity index (χ2v) is 7.75. The average molecular weight is 437 g/mol. The fourth-order valence-corrected chi connectivity index (χ4v) is 3.53. The zero-order chi connectivity index (χ0) is 22.4. The van der Waals surface area contributed by atoms with Crippen LogP contribution in [0.15, 0.2) is 52.7 Å². The zero-order valence-electron chi connectivity index (χ0n) is 17.4. The number of rotatable bonds is 8. The number of likely N-dealkylation sites (N-methyl/N-ethyl adjacent to an activating group) is 1. The molecule has 10 heteroatoms. The van der Waals surface area contributed by atoms with Crippen molar-refractivity contribution in [3.63, 3.8) is 0 Å². The molecule has 1 aromatic carbocycles. The molecule has 0 radical (unpaired) electrons. The molecule has 0 N–H and O–H groups in total. The quantitative estimate of drug-likeness (QED) is 0.469. The molecular weight excluding hydrogens is 411 g/mol. The van der Waals surface area contributed by atoms with Gasteiger partial charge in [0.1, 0.15) is 0 Å². The van der Waals surface area contributed by atoms with E-state index in [1.807, 2.05) is 0 Å². The Morgan fingerprint density at radius 3 is 2.32 bits per heavy atom. The number of anilines is 1. The number of hydrogen-bond donors (Lipinski definition) is 0. The lowest BCUT2D eigenvalue weighted by atomic mass is 10.2. The first-order valence-corrected chi connectivity index (χ1v) is 10.1. The van der Waals surface area contributed by atoms with Crippen molar-refractivity contribution in [3.05, 3.63) is 69.0 Å². The van der Waals surface area contributed by atoms with Gasteiger partial charge in [0.25, 0.3) is 5.56 Å². The Morgan fingerprint density at radius 2 is 1.71 bits per heavy atom. The van der Waals surface area contributed by atoms with Gasteiger partial charge in [0.2, 0.25) is 0 Å². The molecule has 0 unspecified atom stereocenters. The number of piperazine rings is 1. The molecule has 1 aliphatic heterocycles. The van der Waals surface area contributed by atoms with Crippen LogP contribution in [0.1, 0.15) is 17.5 Å². The van der Waals surface area contributed by atoms with Gasteiger partial charge in [-0.25, -0.2) is 5.01 Å². The smallest absolute Gasteiger partial charge is 0.311 e. The van der Waals surface area contributed by atoms with Crippen molar-refractivity contribution in [1.82, 2.24) is 14.4 Å². The normalized spacial score (nSPS) is 15.7. The predicted molar refractivity (Wildman–Crippen MR) is 113 cm³/mol. The number of benzene rings is 1. The summed E-state index contributed by atoms with van der Waals surface area (Å²) >= 11 is 0. The van der Waals surface area contributed by atoms with Crippen molar-refractivity contribution >= 4 is 5.69 Å². The summed E-state index contributed by atoms with van der Waals surface area (Å²) in [6.45, 7) is 5.45. The van der Waals surface area contributed by atoms with Gasteiger partial charge in [-0.2, -0.15) is 13.2 Å². The minimum Gasteiger partial charge on any atom is -0.311 e. The molecule has 0 aliphatic carbocycles. The van der Waals surface area contributed by atoms with Crippen molar-refractivity contribution in [1.29, 1.82) is 0 Å². The molecule has 31 heavy (non-hydrogen) atoms. The summed E-state index contributed by atoms with van der Waals surface area (Å²) < 4.78 is 39.7. The fourth-order valence-electron chi connectivity index (χ4n) is 3.53. The standard InChI is InChI=1S/C21H26F3N5O2/c1-26-11-13-27(14-12-26)9-2-10-29(25-31)19-6-3-17(4-7-19)15-28-16-18(21(22,23)24)5-8-20(28)30/h3-8,16H,2,9-15H2,1H3. The molecule has 0 atom stereocenters. The van der Waals surface area contributed by atoms with Gasteiger partial charge >= 0.3 is 6.18 Å². The number of nitrogens with zero attached hydrogens (tertiary/aromatic N) is 5. The maximum Gasteiger partial charge on any atom is 0.417 e. The van der Waals surface area contributed by atoms with Crippen LogP contribution in [0.4, 0.5) is 18.9 Å². The Balaban J connectivity index is 1.58. The molecule has 3 rings (SSSR count). The van der Waals surface area contributed by atoms with Crippen molar-refractivity contribution in [2.75, 3.05) is 51.3 Å². The second-order valence-electron chi connectivity index (χ2n) is 7.75. The van der Waals surface area contributed by atoms with E-state index in [4.69, 9.17) is 0 Å². The largest absolute Gasteiger partial charge is 0.417 e. The fraction of sp³-hybridized carbons (Fsp3) is 0.476. The summed E-state index contributed by atoms with van der Waals surface area (Å²) in [6, 6.07) is 8.42. The van der Waals surface area contributed by atoms with Gasteiger partial charge in [-0.3, -0.25) is 4.79 Å². The number of hydrogen-bond acceptors (Lipinski definition) is 5. The van der Waals surface area contributed by atoms with Crippen molar-refractivity contribution < 1.29 is 13.2 Å². The SMILES string of the molecule is CN1CCN(CCCN(N=O)c2ccc(Cn3cc(C(F)(F)F)ccc3=O)cc2)CC1. The maximum atomic E-state index is 12.9. The molecule has 2 heterocycles. The number of halogens is 3. The molecule has 0 spiro atoms. The third-order valence-corrected chi connectivity index (χ3v) is 5.44. The van der Waals surface area contributed by atoms with Gasteiger partial charge in [0.15, 0.2) is 0 Å². The van der Waals surface area contributed by atoms with E-state index in [-0.39, 0.29) is 6.54 Å². The number of alkyl halides is 3. The Kier molecular flexibility index (Phi) is 7.45. The van der Waals surface area contributed by atoms with Gasteiger partial charge in [-0.1, -0.05) is 12.1 Å². The lowest BCUT2D eigenvalue weighted by molar-refractivity contribution is -0.138. The van der Waals surface area contributed by atoms with Crippen LogP contribution in [-0.4, -0.2) is 60.7 Å². The van der Waals surface area contributed by atoms with E-state index in [1.54, 1.807) is 24.3 Å². The van der Waals surface area contributed by atoms with Gasteiger partial charge in [-0.15, -0.1) is 4.91 Å². The van der Waals surface area contributed by atoms with E-state index >= 15 is 0 Å². The van der Waals surface area contributed by atoms with Crippen LogP contribution in [0, 0.1) is 4.91 Å². The molecule has 1 aliphatic rings. The van der Waals surface area contributed by atoms with Crippen LogP contribution in [0.5, 0.6) is 0 Å². The molecule has 7 nitrogen and oxygen atoms in total. The van der Waals surface area contributed by atoms with Gasteiger partial charge in [-0.05, 0) is 37.2 Å². The van der Waals surface area contributed by atoms with Gasteiger partial charge in [0.05, 0.1) is 23.1 Å². The average Bonchev–Trinajstić information content (AvgIpc) is 2.74. The minimum absolute atomic E-state index is 0.000950. The van der Waals surface area contributed by atoms with Crippen LogP contribution in [0.3, 0.4) is 0 Å². The third kappa shape index (κ3) is 6.38. The first-order chi connectivity index (χ1) is 14.8. The van der Waals surface area contributed by atoms with Gasteiger partial charge in [0, 0.05) is 51.5 Å². The molecule has 0 bridgehead atoms. The maximum absolute atomic E-state index is 12.9. The molecular formula is C21H26F3N5O2. The first-order valence-electron chi connectivity index (χ1n) is 10.1. The Bertz CT molecular complexity index is 922. The highest BCUT2D eigenvalue weighted by Crippen LogP contribution is 2.28. The van der Waals surface area contributed by atoms with Crippen LogP contribution < -0.4 is 10.6 Å². The minimum atomic E-state index is -4.51. The van der Waals surface area contributed by atoms with Crippen molar-refractivity contribution in [2.24, 2.45) is 5.29 Å². The molecule has 0 saturated carbocycles. The van der Waals surface area contributed by atoms with E-state index in [2.05, 4.69) is 22.1 Å². The highest BCUT2D eigenvalue weighted by atomic mass is 19.4. The molecule has 2 aromatic rings. The lowest BCUT2D eigenvalue weighted by Gasteiger charge is -2.32. The van der Waals surface area contributed by atoms with Crippen LogP contribution in [0.25, 0.3) is 0 Å². The monoisotopic (exact) mass is 437 g/mol. The second kappa shape index (κ2) is 10.1. The van der Waals surface area contributed by atoms with E-state index in [0.717, 1.165) is 62.0 Å². The number of nitroso groups, excluding NO2 is 1. The highest BCUT2D eigenvalue weighted by molar-refractivity contribution is 5.46. The Hall–Kier alpha value is -2.72. The summed E-state index contributed by atoms with van der Waals surface area (Å²) in [4.78, 5) is 27.8. The number of pyridine rings is 1. The van der Waals surface area contributed by atoms with E-state index in [9.17, 15) is 22.9 Å². The molecule has 1 fully saturated rings. The first kappa shape index (κ1) is 23.0. The van der Waals surface area contributed by atoms with Crippen LogP contribution in [0.2, 0.25) is 0 Å². The predicted octanol–water partition coefficient (Wildman–Crippen LogP) is 3.04. The molecule has 0 amide bonds. The van der Waals surface area contributed by atoms with Crippen molar-refractivity contribution in [2.45, 2.75) is 19.1 Å². The van der Waals surface area contributed by atoms with Crippen molar-refractivity contribution in [3.8, 4) is 0 Å². The van der Waals surface area contributed by atoms with Crippen LogP contribution >= 0.6 is 0 Å².